The van der Waals surface area contributed by atoms with Gasteiger partial charge in [0.05, 0.1) is 5.56 Å². The molecule has 0 aliphatic carbocycles. The molecule has 0 radical (unpaired) electrons. The number of aryl methyl sites for hydroxylation is 1. The van der Waals surface area contributed by atoms with E-state index in [0.717, 1.165) is 0 Å². The van der Waals surface area contributed by atoms with E-state index in [1.807, 2.05) is 0 Å². The Hall–Kier alpha value is -2.50. The third-order valence-corrected chi connectivity index (χ3v) is 2.25. The van der Waals surface area contributed by atoms with Gasteiger partial charge in [0.2, 0.25) is 0 Å². The maximum absolute atomic E-state index is 10.9. The van der Waals surface area contributed by atoms with Crippen LogP contribution in [0.3, 0.4) is 0 Å². The van der Waals surface area contributed by atoms with Gasteiger partial charge in [-0.3, -0.25) is 4.79 Å². The van der Waals surface area contributed by atoms with Crippen molar-refractivity contribution in [1.29, 1.82) is 0 Å². The molecule has 2 aromatic rings. The first-order valence-corrected chi connectivity index (χ1v) is 4.84. The molecule has 2 heterocycles. The minimum atomic E-state index is -1.12. The van der Waals surface area contributed by atoms with Crippen molar-refractivity contribution < 1.29 is 14.7 Å². The van der Waals surface area contributed by atoms with Gasteiger partial charge >= 0.3 is 5.97 Å². The maximum Gasteiger partial charge on any atom is 0.356 e. The van der Waals surface area contributed by atoms with Crippen LogP contribution in [0.25, 0.3) is 5.82 Å². The average Bonchev–Trinajstić information content (AvgIpc) is 2.71. The fourth-order valence-corrected chi connectivity index (χ4v) is 1.47. The summed E-state index contributed by atoms with van der Waals surface area (Å²) in [6.07, 6.45) is 2.17. The lowest BCUT2D eigenvalue weighted by Gasteiger charge is -2.04. The highest BCUT2D eigenvalue weighted by atomic mass is 16.4. The van der Waals surface area contributed by atoms with Gasteiger partial charge in [0, 0.05) is 11.9 Å². The van der Waals surface area contributed by atoms with Gasteiger partial charge in [0.1, 0.15) is 0 Å². The minimum Gasteiger partial charge on any atom is -0.476 e. The second kappa shape index (κ2) is 4.17. The second-order valence-corrected chi connectivity index (χ2v) is 3.42. The zero-order valence-electron chi connectivity index (χ0n) is 8.99. The summed E-state index contributed by atoms with van der Waals surface area (Å²) in [7, 11) is 0. The molecule has 17 heavy (non-hydrogen) atoms. The number of carboxylic acid groups (broad SMARTS) is 1. The minimum absolute atomic E-state index is 0.0787. The molecule has 0 atom stereocenters. The monoisotopic (exact) mass is 231 g/mol. The largest absolute Gasteiger partial charge is 0.476 e. The topological polar surface area (TPSA) is 85.1 Å². The number of hydrogen-bond donors (Lipinski definition) is 1. The van der Waals surface area contributed by atoms with Gasteiger partial charge < -0.3 is 5.11 Å². The van der Waals surface area contributed by atoms with Crippen LogP contribution in [0.15, 0.2) is 24.4 Å². The summed E-state index contributed by atoms with van der Waals surface area (Å²) in [6.45, 7) is 1.70. The number of nitrogens with zero attached hydrogens (tertiary/aromatic N) is 3. The Morgan fingerprint density at radius 2 is 2.29 bits per heavy atom. The Kier molecular flexibility index (Phi) is 2.70. The molecule has 2 aromatic heterocycles. The van der Waals surface area contributed by atoms with E-state index in [4.69, 9.17) is 5.11 Å². The molecule has 0 aliphatic rings. The number of carboxylic acids is 1. The molecule has 0 aromatic carbocycles. The van der Waals surface area contributed by atoms with Crippen LogP contribution in [-0.4, -0.2) is 32.1 Å². The zero-order valence-corrected chi connectivity index (χ0v) is 8.99. The quantitative estimate of drug-likeness (QED) is 0.799. The van der Waals surface area contributed by atoms with Crippen molar-refractivity contribution in [2.75, 3.05) is 0 Å². The summed E-state index contributed by atoms with van der Waals surface area (Å²) < 4.78 is 1.34. The van der Waals surface area contributed by atoms with Gasteiger partial charge in [-0.15, -0.1) is 0 Å². The lowest BCUT2D eigenvalue weighted by molar-refractivity contribution is 0.0690. The fourth-order valence-electron chi connectivity index (χ4n) is 1.47. The number of pyridine rings is 1. The van der Waals surface area contributed by atoms with Crippen LogP contribution in [0.4, 0.5) is 0 Å². The highest BCUT2D eigenvalue weighted by Gasteiger charge is 2.14. The van der Waals surface area contributed by atoms with Crippen LogP contribution in [0.1, 0.15) is 26.5 Å². The molecule has 2 rings (SSSR count). The highest BCUT2D eigenvalue weighted by molar-refractivity contribution is 5.85. The zero-order chi connectivity index (χ0) is 12.4. The lowest BCUT2D eigenvalue weighted by atomic mass is 10.3. The predicted molar refractivity (Wildman–Crippen MR) is 58.4 cm³/mol. The van der Waals surface area contributed by atoms with Crippen LogP contribution in [0, 0.1) is 6.92 Å². The maximum atomic E-state index is 10.9. The molecule has 0 spiro atoms. The number of rotatable bonds is 3. The van der Waals surface area contributed by atoms with Crippen molar-refractivity contribution in [2.45, 2.75) is 6.92 Å². The van der Waals surface area contributed by atoms with Gasteiger partial charge in [0.15, 0.2) is 17.8 Å². The molecular formula is C11H9N3O3. The molecule has 86 valence electrons. The predicted octanol–water partition coefficient (Wildman–Crippen LogP) is 1.09. The SMILES string of the molecule is Cc1cc(C(=O)O)nn1-c1ncccc1C=O. The van der Waals surface area contributed by atoms with E-state index in [2.05, 4.69) is 10.1 Å². The van der Waals surface area contributed by atoms with Crippen LogP contribution in [0.5, 0.6) is 0 Å². The van der Waals surface area contributed by atoms with E-state index in [1.54, 1.807) is 19.1 Å². The molecule has 6 heteroatoms. The molecular weight excluding hydrogens is 222 g/mol. The van der Waals surface area contributed by atoms with Crippen molar-refractivity contribution in [3.8, 4) is 5.82 Å². The molecule has 0 unspecified atom stereocenters. The summed E-state index contributed by atoms with van der Waals surface area (Å²) >= 11 is 0. The van der Waals surface area contributed by atoms with E-state index in [1.165, 1.54) is 16.9 Å². The van der Waals surface area contributed by atoms with Gasteiger partial charge in [-0.1, -0.05) is 0 Å². The van der Waals surface area contributed by atoms with Crippen LogP contribution in [-0.2, 0) is 0 Å². The van der Waals surface area contributed by atoms with Crippen LogP contribution in [0.2, 0.25) is 0 Å². The van der Waals surface area contributed by atoms with Crippen molar-refractivity contribution in [3.63, 3.8) is 0 Å². The summed E-state index contributed by atoms with van der Waals surface area (Å²) in [5, 5.41) is 12.7. The van der Waals surface area contributed by atoms with Crippen molar-refractivity contribution >= 4 is 12.3 Å². The van der Waals surface area contributed by atoms with Crippen molar-refractivity contribution in [2.24, 2.45) is 0 Å². The van der Waals surface area contributed by atoms with E-state index < -0.39 is 5.97 Å². The molecule has 0 saturated heterocycles. The van der Waals surface area contributed by atoms with E-state index in [9.17, 15) is 9.59 Å². The third-order valence-electron chi connectivity index (χ3n) is 2.25. The first-order chi connectivity index (χ1) is 8.13. The number of hydrogen-bond acceptors (Lipinski definition) is 4. The number of aromatic carboxylic acids is 1. The number of carbonyl (C=O) groups excluding carboxylic acids is 1. The molecule has 0 saturated carbocycles. The summed E-state index contributed by atoms with van der Waals surface area (Å²) in [5.74, 6) is -0.789. The molecule has 0 amide bonds. The average molecular weight is 231 g/mol. The normalized spacial score (nSPS) is 10.2. The van der Waals surface area contributed by atoms with Crippen LogP contribution < -0.4 is 0 Å². The second-order valence-electron chi connectivity index (χ2n) is 3.42. The first kappa shape index (κ1) is 11.0. The standard InChI is InChI=1S/C11H9N3O3/c1-7-5-9(11(16)17)13-14(7)10-8(6-15)3-2-4-12-10/h2-6H,1H3,(H,16,17). The van der Waals surface area contributed by atoms with Gasteiger partial charge in [-0.2, -0.15) is 5.10 Å². The Bertz CT molecular complexity index is 589. The smallest absolute Gasteiger partial charge is 0.356 e. The van der Waals surface area contributed by atoms with Crippen LogP contribution >= 0.6 is 0 Å². The van der Waals surface area contributed by atoms with E-state index >= 15 is 0 Å². The molecule has 0 aliphatic heterocycles. The highest BCUT2D eigenvalue weighted by Crippen LogP contribution is 2.13. The third kappa shape index (κ3) is 1.92. The number of aromatic nitrogens is 3. The summed E-state index contributed by atoms with van der Waals surface area (Å²) in [6, 6.07) is 4.65. The summed E-state index contributed by atoms with van der Waals surface area (Å²) in [5.41, 5.74) is 0.879. The molecule has 6 nitrogen and oxygen atoms in total. The Morgan fingerprint density at radius 3 is 2.88 bits per heavy atom. The first-order valence-electron chi connectivity index (χ1n) is 4.84. The van der Waals surface area contributed by atoms with E-state index in [-0.39, 0.29) is 5.69 Å². The Morgan fingerprint density at radius 1 is 1.53 bits per heavy atom. The van der Waals surface area contributed by atoms with Gasteiger partial charge in [-0.25, -0.2) is 14.5 Å². The van der Waals surface area contributed by atoms with Gasteiger partial charge in [0.25, 0.3) is 0 Å². The van der Waals surface area contributed by atoms with Crippen molar-refractivity contribution in [1.82, 2.24) is 14.8 Å². The fraction of sp³-hybridized carbons (Fsp3) is 0.0909. The molecule has 0 bridgehead atoms. The van der Waals surface area contributed by atoms with Crippen molar-refractivity contribution in [3.05, 3.63) is 41.3 Å². The lowest BCUT2D eigenvalue weighted by Crippen LogP contribution is -2.06. The number of carbonyl (C=O) groups is 2. The molecule has 1 N–H and O–H groups in total. The van der Waals surface area contributed by atoms with E-state index in [0.29, 0.717) is 23.4 Å². The summed E-state index contributed by atoms with van der Waals surface area (Å²) in [4.78, 5) is 25.7. The Labute approximate surface area is 96.5 Å². The molecule has 0 fully saturated rings. The Balaban J connectivity index is 2.60. The number of aldehydes is 1. The van der Waals surface area contributed by atoms with Gasteiger partial charge in [-0.05, 0) is 25.1 Å².